The zero-order valence-electron chi connectivity index (χ0n) is 19.5. The minimum absolute atomic E-state index is 0.0286. The number of halogens is 1. The number of aromatic nitrogens is 1. The van der Waals surface area contributed by atoms with Gasteiger partial charge in [-0.3, -0.25) is 4.79 Å². The Morgan fingerprint density at radius 1 is 1.35 bits per heavy atom. The van der Waals surface area contributed by atoms with E-state index in [1.807, 2.05) is 6.07 Å². The highest BCUT2D eigenvalue weighted by molar-refractivity contribution is 6.30. The van der Waals surface area contributed by atoms with Gasteiger partial charge in [0, 0.05) is 18.5 Å². The van der Waals surface area contributed by atoms with E-state index < -0.39 is 23.6 Å². The molecule has 1 atom stereocenters. The molecule has 3 rings (SSSR count). The molecule has 180 valence electrons. The third-order valence-corrected chi connectivity index (χ3v) is 4.74. The smallest absolute Gasteiger partial charge is 0.407 e. The van der Waals surface area contributed by atoms with Crippen LogP contribution in [0.25, 0.3) is 11.1 Å². The van der Waals surface area contributed by atoms with E-state index in [0.29, 0.717) is 29.3 Å². The SMILES string of the molecule is C#CCNC(=O)c1c(C[C@H](C)NC(=O)OC(C)(C)C)oc2c(NCc3ccco3)cc(Cl)nc12. The number of carbonyl (C=O) groups excluding carboxylic acids is 2. The number of hydrogen-bond acceptors (Lipinski definition) is 7. The van der Waals surface area contributed by atoms with E-state index >= 15 is 0 Å². The van der Waals surface area contributed by atoms with Crippen molar-refractivity contribution in [3.63, 3.8) is 0 Å². The zero-order valence-corrected chi connectivity index (χ0v) is 20.2. The Morgan fingerprint density at radius 3 is 2.76 bits per heavy atom. The zero-order chi connectivity index (χ0) is 24.9. The first kappa shape index (κ1) is 25.0. The molecule has 0 spiro atoms. The third kappa shape index (κ3) is 6.45. The number of fused-ring (bicyclic) bond motifs is 1. The van der Waals surface area contributed by atoms with Crippen LogP contribution in [0.3, 0.4) is 0 Å². The maximum atomic E-state index is 13.0. The fourth-order valence-corrected chi connectivity index (χ4v) is 3.44. The first-order chi connectivity index (χ1) is 16.1. The summed E-state index contributed by atoms with van der Waals surface area (Å²) in [4.78, 5) is 29.5. The predicted octanol–water partition coefficient (Wildman–Crippen LogP) is 4.51. The van der Waals surface area contributed by atoms with Gasteiger partial charge in [-0.15, -0.1) is 6.42 Å². The fraction of sp³-hybridized carbons (Fsp3) is 0.375. The van der Waals surface area contributed by atoms with Crippen molar-refractivity contribution in [3.8, 4) is 12.3 Å². The van der Waals surface area contributed by atoms with E-state index in [1.54, 1.807) is 46.1 Å². The maximum absolute atomic E-state index is 13.0. The topological polar surface area (TPSA) is 119 Å². The molecule has 0 aliphatic heterocycles. The summed E-state index contributed by atoms with van der Waals surface area (Å²) in [5, 5.41) is 8.76. The predicted molar refractivity (Wildman–Crippen MR) is 129 cm³/mol. The van der Waals surface area contributed by atoms with E-state index in [2.05, 4.69) is 26.9 Å². The van der Waals surface area contributed by atoms with Gasteiger partial charge in [-0.2, -0.15) is 0 Å². The van der Waals surface area contributed by atoms with Gasteiger partial charge in [-0.1, -0.05) is 17.5 Å². The molecule has 0 aromatic carbocycles. The Morgan fingerprint density at radius 2 is 2.12 bits per heavy atom. The molecule has 3 heterocycles. The van der Waals surface area contributed by atoms with Crippen LogP contribution in [-0.4, -0.2) is 35.2 Å². The molecule has 3 aromatic heterocycles. The highest BCUT2D eigenvalue weighted by Crippen LogP contribution is 2.33. The van der Waals surface area contributed by atoms with Crippen molar-refractivity contribution >= 4 is 40.4 Å². The molecule has 0 saturated heterocycles. The minimum atomic E-state index is -0.640. The summed E-state index contributed by atoms with van der Waals surface area (Å²) < 4.78 is 16.8. The highest BCUT2D eigenvalue weighted by Gasteiger charge is 2.27. The van der Waals surface area contributed by atoms with Gasteiger partial charge in [0.25, 0.3) is 5.91 Å². The number of furan rings is 2. The summed E-state index contributed by atoms with van der Waals surface area (Å²) in [5.74, 6) is 2.94. The van der Waals surface area contributed by atoms with Crippen LogP contribution < -0.4 is 16.0 Å². The summed E-state index contributed by atoms with van der Waals surface area (Å²) in [6, 6.07) is 4.79. The standard InChI is InChI=1S/C24H27ClN4O5/c1-6-9-26-22(30)19-17(11-14(2)28-23(31)34-24(3,4)5)33-21-16(12-18(25)29-20(19)21)27-13-15-8-7-10-32-15/h1,7-8,10,12,14H,9,11,13H2,2-5H3,(H,26,30)(H,27,29)(H,28,31)/t14-/m0/s1. The molecule has 0 fully saturated rings. The van der Waals surface area contributed by atoms with Crippen molar-refractivity contribution in [2.45, 2.75) is 52.3 Å². The normalized spacial score (nSPS) is 12.1. The van der Waals surface area contributed by atoms with Crippen LogP contribution in [-0.2, 0) is 17.7 Å². The van der Waals surface area contributed by atoms with Gasteiger partial charge in [0.05, 0.1) is 25.0 Å². The van der Waals surface area contributed by atoms with Crippen molar-refractivity contribution in [3.05, 3.63) is 46.7 Å². The number of nitrogens with one attached hydrogen (secondary N) is 3. The van der Waals surface area contributed by atoms with Crippen LogP contribution in [0.5, 0.6) is 0 Å². The van der Waals surface area contributed by atoms with Crippen LogP contribution >= 0.6 is 11.6 Å². The van der Waals surface area contributed by atoms with Crippen LogP contribution in [0.15, 0.2) is 33.3 Å². The second-order valence-electron chi connectivity index (χ2n) is 8.64. The van der Waals surface area contributed by atoms with Crippen molar-refractivity contribution in [2.75, 3.05) is 11.9 Å². The largest absolute Gasteiger partial charge is 0.467 e. The number of amides is 2. The lowest BCUT2D eigenvalue weighted by Gasteiger charge is -2.21. The Bertz CT molecular complexity index is 1200. The number of pyridine rings is 1. The van der Waals surface area contributed by atoms with Gasteiger partial charge in [0.2, 0.25) is 0 Å². The van der Waals surface area contributed by atoms with Gasteiger partial charge < -0.3 is 29.5 Å². The lowest BCUT2D eigenvalue weighted by Crippen LogP contribution is -2.38. The number of carbonyl (C=O) groups is 2. The second-order valence-corrected chi connectivity index (χ2v) is 9.03. The number of nitrogens with zero attached hydrogens (tertiary/aromatic N) is 1. The van der Waals surface area contributed by atoms with E-state index in [1.165, 1.54) is 0 Å². The van der Waals surface area contributed by atoms with E-state index in [9.17, 15) is 9.59 Å². The molecule has 3 aromatic rings. The molecule has 0 unspecified atom stereocenters. The molecular formula is C24H27ClN4O5. The molecule has 10 heteroatoms. The number of terminal acetylenes is 1. The van der Waals surface area contributed by atoms with Crippen molar-refractivity contribution in [1.29, 1.82) is 0 Å². The molecule has 34 heavy (non-hydrogen) atoms. The van der Waals surface area contributed by atoms with Gasteiger partial charge in [-0.05, 0) is 39.8 Å². The third-order valence-electron chi connectivity index (χ3n) is 4.55. The monoisotopic (exact) mass is 486 g/mol. The summed E-state index contributed by atoms with van der Waals surface area (Å²) in [5.41, 5.74) is 0.728. The summed E-state index contributed by atoms with van der Waals surface area (Å²) in [6.45, 7) is 7.50. The molecule has 0 bridgehead atoms. The van der Waals surface area contributed by atoms with E-state index in [0.717, 1.165) is 0 Å². The quantitative estimate of drug-likeness (QED) is 0.316. The number of hydrogen-bond donors (Lipinski definition) is 3. The molecule has 0 saturated carbocycles. The molecule has 9 nitrogen and oxygen atoms in total. The average Bonchev–Trinajstić information content (AvgIpc) is 3.36. The Balaban J connectivity index is 1.94. The van der Waals surface area contributed by atoms with Gasteiger partial charge in [0.1, 0.15) is 33.4 Å². The Kier molecular flexibility index (Phi) is 7.74. The Labute approximate surface area is 202 Å². The van der Waals surface area contributed by atoms with Gasteiger partial charge in [0.15, 0.2) is 5.58 Å². The van der Waals surface area contributed by atoms with Crippen LogP contribution in [0.2, 0.25) is 5.15 Å². The molecule has 0 aliphatic rings. The first-order valence-corrected chi connectivity index (χ1v) is 11.0. The lowest BCUT2D eigenvalue weighted by molar-refractivity contribution is 0.0507. The van der Waals surface area contributed by atoms with Crippen LogP contribution in [0.1, 0.15) is 49.6 Å². The number of ether oxygens (including phenoxy) is 1. The van der Waals surface area contributed by atoms with Gasteiger partial charge in [-0.25, -0.2) is 9.78 Å². The molecule has 2 amide bonds. The lowest BCUT2D eigenvalue weighted by atomic mass is 10.1. The fourth-order valence-electron chi connectivity index (χ4n) is 3.24. The number of rotatable bonds is 8. The molecule has 0 aliphatic carbocycles. The minimum Gasteiger partial charge on any atom is -0.467 e. The van der Waals surface area contributed by atoms with E-state index in [4.69, 9.17) is 31.6 Å². The van der Waals surface area contributed by atoms with Crippen molar-refractivity contribution in [2.24, 2.45) is 0 Å². The second kappa shape index (κ2) is 10.5. The number of alkyl carbamates (subject to hydrolysis) is 1. The summed E-state index contributed by atoms with van der Waals surface area (Å²) >= 11 is 6.26. The molecule has 3 N–H and O–H groups in total. The van der Waals surface area contributed by atoms with Crippen LogP contribution in [0.4, 0.5) is 10.5 Å². The van der Waals surface area contributed by atoms with Crippen LogP contribution in [0, 0.1) is 12.3 Å². The van der Waals surface area contributed by atoms with E-state index in [-0.39, 0.29) is 29.2 Å². The summed E-state index contributed by atoms with van der Waals surface area (Å²) in [6.07, 6.45) is 6.49. The highest BCUT2D eigenvalue weighted by atomic mass is 35.5. The average molecular weight is 487 g/mol. The summed E-state index contributed by atoms with van der Waals surface area (Å²) in [7, 11) is 0. The maximum Gasteiger partial charge on any atom is 0.407 e. The van der Waals surface area contributed by atoms with Gasteiger partial charge >= 0.3 is 6.09 Å². The molecular weight excluding hydrogens is 460 g/mol. The van der Waals surface area contributed by atoms with Crippen molar-refractivity contribution in [1.82, 2.24) is 15.6 Å². The first-order valence-electron chi connectivity index (χ1n) is 10.7. The van der Waals surface area contributed by atoms with Crippen molar-refractivity contribution < 1.29 is 23.2 Å². The Hall–Kier alpha value is -3.64. The molecule has 0 radical (unpaired) electrons. The number of anilines is 1.